The molecule has 90 valence electrons. The number of methoxy groups -OCH3 is 1. The molecule has 0 aromatic heterocycles. The summed E-state index contributed by atoms with van der Waals surface area (Å²) in [5.41, 5.74) is 6.97. The zero-order chi connectivity index (χ0) is 12.4. The number of benzene rings is 1. The van der Waals surface area contributed by atoms with E-state index in [-0.39, 0.29) is 12.6 Å². The average Bonchev–Trinajstić information content (AvgIpc) is 2.72. The molecule has 0 aliphatic carbocycles. The van der Waals surface area contributed by atoms with Crippen molar-refractivity contribution < 1.29 is 19.0 Å². The van der Waals surface area contributed by atoms with Crippen molar-refractivity contribution in [2.24, 2.45) is 0 Å². The number of nitrogen functional groups attached to an aromatic ring is 1. The lowest BCUT2D eigenvalue weighted by molar-refractivity contribution is -0.112. The Balaban J connectivity index is 2.54. The molecule has 0 radical (unpaired) electrons. The minimum absolute atomic E-state index is 0.0656. The van der Waals surface area contributed by atoms with Crippen LogP contribution in [0.3, 0.4) is 0 Å². The second-order valence-electron chi connectivity index (χ2n) is 3.59. The van der Waals surface area contributed by atoms with Crippen LogP contribution in [0.25, 0.3) is 6.08 Å². The molecule has 0 bridgehead atoms. The number of ether oxygens (including phenoxy) is 3. The fraction of sp³-hybridized carbons (Fsp3) is 0.250. The van der Waals surface area contributed by atoms with Crippen LogP contribution in [-0.2, 0) is 4.79 Å². The van der Waals surface area contributed by atoms with Crippen LogP contribution < -0.4 is 19.9 Å². The van der Waals surface area contributed by atoms with Gasteiger partial charge in [0.1, 0.15) is 0 Å². The van der Waals surface area contributed by atoms with Crippen molar-refractivity contribution in [3.05, 3.63) is 17.7 Å². The summed E-state index contributed by atoms with van der Waals surface area (Å²) in [5.74, 6) is 1.49. The van der Waals surface area contributed by atoms with Crippen molar-refractivity contribution in [2.75, 3.05) is 19.6 Å². The Labute approximate surface area is 98.8 Å². The molecule has 1 aromatic rings. The van der Waals surface area contributed by atoms with Crippen molar-refractivity contribution >= 4 is 17.5 Å². The number of carbonyl (C=O) groups is 1. The first-order chi connectivity index (χ1) is 8.13. The van der Waals surface area contributed by atoms with Gasteiger partial charge in [-0.2, -0.15) is 0 Å². The smallest absolute Gasteiger partial charge is 0.231 e. The Kier molecular flexibility index (Phi) is 2.91. The van der Waals surface area contributed by atoms with Gasteiger partial charge in [0.2, 0.25) is 12.5 Å². The third kappa shape index (κ3) is 2.04. The van der Waals surface area contributed by atoms with E-state index in [4.69, 9.17) is 19.9 Å². The predicted octanol–water partition coefficient (Wildman–Crippen LogP) is 1.61. The zero-order valence-electron chi connectivity index (χ0n) is 9.65. The average molecular weight is 235 g/mol. The number of hydrogen-bond donors (Lipinski definition) is 1. The summed E-state index contributed by atoms with van der Waals surface area (Å²) in [4.78, 5) is 10.9. The van der Waals surface area contributed by atoms with Gasteiger partial charge >= 0.3 is 0 Å². The van der Waals surface area contributed by atoms with Gasteiger partial charge in [0.15, 0.2) is 17.3 Å². The Morgan fingerprint density at radius 3 is 2.94 bits per heavy atom. The molecule has 0 saturated carbocycles. The molecule has 0 atom stereocenters. The van der Waals surface area contributed by atoms with E-state index >= 15 is 0 Å². The van der Waals surface area contributed by atoms with Gasteiger partial charge < -0.3 is 19.9 Å². The molecule has 5 nitrogen and oxygen atoms in total. The number of anilines is 1. The topological polar surface area (TPSA) is 70.8 Å². The first-order valence-electron chi connectivity index (χ1n) is 5.08. The molecule has 2 N–H and O–H groups in total. The Morgan fingerprint density at radius 1 is 1.53 bits per heavy atom. The summed E-state index contributed by atoms with van der Waals surface area (Å²) in [7, 11) is 1.52. The third-order valence-electron chi connectivity index (χ3n) is 2.38. The van der Waals surface area contributed by atoms with E-state index in [0.29, 0.717) is 28.5 Å². The highest BCUT2D eigenvalue weighted by atomic mass is 16.7. The highest BCUT2D eigenvalue weighted by Gasteiger charge is 2.23. The quantitative estimate of drug-likeness (QED) is 0.636. The number of hydrogen-bond acceptors (Lipinski definition) is 5. The van der Waals surface area contributed by atoms with E-state index in [1.54, 1.807) is 12.1 Å². The minimum atomic E-state index is -0.0656. The molecule has 0 amide bonds. The van der Waals surface area contributed by atoms with Crippen LogP contribution in [0.15, 0.2) is 12.1 Å². The summed E-state index contributed by atoms with van der Waals surface area (Å²) in [6.07, 6.45) is 3.04. The minimum Gasteiger partial charge on any atom is -0.492 e. The second kappa shape index (κ2) is 4.37. The van der Waals surface area contributed by atoms with Crippen molar-refractivity contribution in [2.45, 2.75) is 6.92 Å². The molecule has 5 heteroatoms. The van der Waals surface area contributed by atoms with E-state index in [0.717, 1.165) is 0 Å². The van der Waals surface area contributed by atoms with Crippen molar-refractivity contribution in [3.63, 3.8) is 0 Å². The molecular weight excluding hydrogens is 222 g/mol. The molecule has 1 aliphatic heterocycles. The highest BCUT2D eigenvalue weighted by Crippen LogP contribution is 2.46. The fourth-order valence-corrected chi connectivity index (χ4v) is 1.62. The maximum atomic E-state index is 10.9. The summed E-state index contributed by atoms with van der Waals surface area (Å²) >= 11 is 0. The molecule has 1 aromatic carbocycles. The second-order valence-corrected chi connectivity index (χ2v) is 3.59. The first kappa shape index (κ1) is 11.3. The fourth-order valence-electron chi connectivity index (χ4n) is 1.62. The molecule has 2 rings (SSSR count). The highest BCUT2D eigenvalue weighted by molar-refractivity contribution is 5.93. The van der Waals surface area contributed by atoms with E-state index in [1.165, 1.54) is 20.1 Å². The van der Waals surface area contributed by atoms with Crippen LogP contribution in [0.5, 0.6) is 17.2 Å². The van der Waals surface area contributed by atoms with Gasteiger partial charge in [-0.25, -0.2) is 0 Å². The molecule has 1 aliphatic rings. The monoisotopic (exact) mass is 235 g/mol. The SMILES string of the molecule is COc1c(/C=C/C(C)=O)c(N)cc2c1OCO2. The molecule has 0 fully saturated rings. The lowest BCUT2D eigenvalue weighted by Crippen LogP contribution is -1.96. The van der Waals surface area contributed by atoms with Gasteiger partial charge in [0, 0.05) is 17.3 Å². The molecular formula is C12H13NO4. The number of carbonyl (C=O) groups excluding carboxylic acids is 1. The number of rotatable bonds is 3. The van der Waals surface area contributed by atoms with Crippen molar-refractivity contribution in [3.8, 4) is 17.2 Å². The molecule has 1 heterocycles. The summed E-state index contributed by atoms with van der Waals surface area (Å²) in [6, 6.07) is 1.66. The van der Waals surface area contributed by atoms with Gasteiger partial charge in [-0.15, -0.1) is 0 Å². The molecule has 0 saturated heterocycles. The summed E-state index contributed by atoms with van der Waals surface area (Å²) in [5, 5.41) is 0. The number of fused-ring (bicyclic) bond motifs is 1. The lowest BCUT2D eigenvalue weighted by Gasteiger charge is -2.10. The Bertz CT molecular complexity index is 494. The predicted molar refractivity (Wildman–Crippen MR) is 63.2 cm³/mol. The zero-order valence-corrected chi connectivity index (χ0v) is 9.65. The Morgan fingerprint density at radius 2 is 2.29 bits per heavy atom. The maximum Gasteiger partial charge on any atom is 0.231 e. The van der Waals surface area contributed by atoms with Gasteiger partial charge in [-0.1, -0.05) is 0 Å². The largest absolute Gasteiger partial charge is 0.492 e. The molecule has 0 spiro atoms. The van der Waals surface area contributed by atoms with E-state index < -0.39 is 0 Å². The van der Waals surface area contributed by atoms with Crippen LogP contribution >= 0.6 is 0 Å². The third-order valence-corrected chi connectivity index (χ3v) is 2.38. The van der Waals surface area contributed by atoms with Gasteiger partial charge in [0.25, 0.3) is 0 Å². The summed E-state index contributed by atoms with van der Waals surface area (Å²) in [6.45, 7) is 1.61. The first-order valence-corrected chi connectivity index (χ1v) is 5.08. The van der Waals surface area contributed by atoms with E-state index in [1.807, 2.05) is 0 Å². The van der Waals surface area contributed by atoms with E-state index in [9.17, 15) is 4.79 Å². The molecule has 0 unspecified atom stereocenters. The lowest BCUT2D eigenvalue weighted by atomic mass is 10.1. The summed E-state index contributed by atoms with van der Waals surface area (Å²) < 4.78 is 15.8. The van der Waals surface area contributed by atoms with Crippen LogP contribution in [-0.4, -0.2) is 19.7 Å². The standard InChI is InChI=1S/C12H13NO4/c1-7(14)3-4-8-9(13)5-10-12(11(8)15-2)17-6-16-10/h3-5H,6,13H2,1-2H3/b4-3+. The van der Waals surface area contributed by atoms with Crippen molar-refractivity contribution in [1.29, 1.82) is 0 Å². The maximum absolute atomic E-state index is 10.9. The van der Waals surface area contributed by atoms with Crippen LogP contribution in [0, 0.1) is 0 Å². The van der Waals surface area contributed by atoms with Crippen molar-refractivity contribution in [1.82, 2.24) is 0 Å². The normalized spacial score (nSPS) is 13.1. The number of allylic oxidation sites excluding steroid dienone is 1. The van der Waals surface area contributed by atoms with E-state index in [2.05, 4.69) is 0 Å². The van der Waals surface area contributed by atoms with Gasteiger partial charge in [0.05, 0.1) is 7.11 Å². The van der Waals surface area contributed by atoms with Gasteiger partial charge in [-0.3, -0.25) is 4.79 Å². The van der Waals surface area contributed by atoms with Crippen LogP contribution in [0.1, 0.15) is 12.5 Å². The van der Waals surface area contributed by atoms with Gasteiger partial charge in [-0.05, 0) is 19.1 Å². The van der Waals surface area contributed by atoms with Crippen LogP contribution in [0.2, 0.25) is 0 Å². The molecule has 17 heavy (non-hydrogen) atoms. The Hall–Kier alpha value is -2.17. The number of ketones is 1. The van der Waals surface area contributed by atoms with Crippen LogP contribution in [0.4, 0.5) is 5.69 Å². The number of nitrogens with two attached hydrogens (primary N) is 1.